The predicted octanol–water partition coefficient (Wildman–Crippen LogP) is 3.63. The zero-order valence-corrected chi connectivity index (χ0v) is 9.15. The van der Waals surface area contributed by atoms with Gasteiger partial charge in [-0.05, 0) is 18.6 Å². The summed E-state index contributed by atoms with van der Waals surface area (Å²) >= 11 is 5.88. The fraction of sp³-hybridized carbons (Fsp3) is 0.364. The van der Waals surface area contributed by atoms with Gasteiger partial charge in [0.05, 0.1) is 10.6 Å². The van der Waals surface area contributed by atoms with Gasteiger partial charge in [-0.3, -0.25) is 4.79 Å². The second-order valence-corrected chi connectivity index (χ2v) is 3.95. The summed E-state index contributed by atoms with van der Waals surface area (Å²) in [4.78, 5) is 11.6. The molecule has 0 aliphatic heterocycles. The van der Waals surface area contributed by atoms with Gasteiger partial charge in [-0.25, -0.2) is 4.39 Å². The van der Waals surface area contributed by atoms with E-state index in [1.807, 2.05) is 0 Å². The summed E-state index contributed by atoms with van der Waals surface area (Å²) in [6.07, 6.45) is 0. The molecule has 0 saturated heterocycles. The van der Waals surface area contributed by atoms with Crippen molar-refractivity contribution < 1.29 is 9.18 Å². The number of benzene rings is 1. The Labute approximate surface area is 87.9 Å². The number of carbonyl (C=O) groups is 1. The standard InChI is InChI=1S/C11H12ClFO/c1-6(2)11(14)9-8(13)5-4-7(3)10(9)12/h4-6H,1-3H3. The van der Waals surface area contributed by atoms with Crippen LogP contribution in [0.2, 0.25) is 5.02 Å². The van der Waals surface area contributed by atoms with Crippen LogP contribution < -0.4 is 0 Å². The molecule has 0 bridgehead atoms. The van der Waals surface area contributed by atoms with Gasteiger partial charge in [0.15, 0.2) is 5.78 Å². The Morgan fingerprint density at radius 3 is 2.50 bits per heavy atom. The second kappa shape index (κ2) is 4.09. The van der Waals surface area contributed by atoms with Gasteiger partial charge < -0.3 is 0 Å². The summed E-state index contributed by atoms with van der Waals surface area (Å²) in [5.41, 5.74) is 0.735. The first-order valence-electron chi connectivity index (χ1n) is 4.44. The molecule has 0 aromatic heterocycles. The highest BCUT2D eigenvalue weighted by Gasteiger charge is 2.19. The summed E-state index contributed by atoms with van der Waals surface area (Å²) < 4.78 is 13.3. The van der Waals surface area contributed by atoms with E-state index in [-0.39, 0.29) is 22.3 Å². The number of Topliss-reactive ketones (excluding diaryl/α,β-unsaturated/α-hetero) is 1. The van der Waals surface area contributed by atoms with Crippen molar-refractivity contribution in [2.24, 2.45) is 5.92 Å². The molecule has 1 nitrogen and oxygen atoms in total. The third-order valence-corrected chi connectivity index (χ3v) is 2.54. The van der Waals surface area contributed by atoms with Crippen LogP contribution in [0.1, 0.15) is 29.8 Å². The average molecular weight is 215 g/mol. The van der Waals surface area contributed by atoms with Crippen molar-refractivity contribution in [2.75, 3.05) is 0 Å². The van der Waals surface area contributed by atoms with Crippen LogP contribution >= 0.6 is 11.6 Å². The van der Waals surface area contributed by atoms with Crippen molar-refractivity contribution in [2.45, 2.75) is 20.8 Å². The molecule has 0 saturated carbocycles. The SMILES string of the molecule is Cc1ccc(F)c(C(=O)C(C)C)c1Cl. The molecule has 0 aliphatic rings. The molecular weight excluding hydrogens is 203 g/mol. The molecule has 14 heavy (non-hydrogen) atoms. The Morgan fingerprint density at radius 2 is 2.00 bits per heavy atom. The summed E-state index contributed by atoms with van der Waals surface area (Å²) in [5, 5.41) is 0.226. The summed E-state index contributed by atoms with van der Waals surface area (Å²) in [6, 6.07) is 2.84. The van der Waals surface area contributed by atoms with E-state index >= 15 is 0 Å². The molecule has 0 radical (unpaired) electrons. The maximum absolute atomic E-state index is 13.3. The molecular formula is C11H12ClFO. The Hall–Kier alpha value is -0.890. The monoisotopic (exact) mass is 214 g/mol. The van der Waals surface area contributed by atoms with Crippen molar-refractivity contribution in [1.82, 2.24) is 0 Å². The summed E-state index contributed by atoms with van der Waals surface area (Å²) in [5.74, 6) is -1.04. The molecule has 0 aliphatic carbocycles. The lowest BCUT2D eigenvalue weighted by molar-refractivity contribution is 0.0935. The Balaban J connectivity index is 3.33. The van der Waals surface area contributed by atoms with Crippen LogP contribution in [-0.4, -0.2) is 5.78 Å². The second-order valence-electron chi connectivity index (χ2n) is 3.57. The van der Waals surface area contributed by atoms with Gasteiger partial charge in [-0.15, -0.1) is 0 Å². The first-order chi connectivity index (χ1) is 6.45. The topological polar surface area (TPSA) is 17.1 Å². The molecule has 0 fully saturated rings. The number of hydrogen-bond donors (Lipinski definition) is 0. The highest BCUT2D eigenvalue weighted by atomic mass is 35.5. The fourth-order valence-electron chi connectivity index (χ4n) is 1.17. The Kier molecular flexibility index (Phi) is 3.27. The maximum atomic E-state index is 13.3. The number of halogens is 2. The molecule has 0 amide bonds. The van der Waals surface area contributed by atoms with Gasteiger partial charge in [-0.2, -0.15) is 0 Å². The number of aryl methyl sites for hydroxylation is 1. The van der Waals surface area contributed by atoms with E-state index < -0.39 is 5.82 Å². The van der Waals surface area contributed by atoms with Gasteiger partial charge in [-0.1, -0.05) is 31.5 Å². The van der Waals surface area contributed by atoms with Crippen LogP contribution in [-0.2, 0) is 0 Å². The smallest absolute Gasteiger partial charge is 0.169 e. The van der Waals surface area contributed by atoms with Crippen molar-refractivity contribution in [3.05, 3.63) is 34.1 Å². The molecule has 0 heterocycles. The van der Waals surface area contributed by atoms with E-state index in [1.165, 1.54) is 6.07 Å². The number of hydrogen-bond acceptors (Lipinski definition) is 1. The number of rotatable bonds is 2. The minimum absolute atomic E-state index is 0.0154. The van der Waals surface area contributed by atoms with Gasteiger partial charge in [0.2, 0.25) is 0 Å². The van der Waals surface area contributed by atoms with E-state index in [0.29, 0.717) is 0 Å². The van der Waals surface area contributed by atoms with Gasteiger partial charge >= 0.3 is 0 Å². The Morgan fingerprint density at radius 1 is 1.43 bits per heavy atom. The van der Waals surface area contributed by atoms with Crippen LogP contribution in [0.25, 0.3) is 0 Å². The quantitative estimate of drug-likeness (QED) is 0.688. The lowest BCUT2D eigenvalue weighted by Gasteiger charge is -2.09. The van der Waals surface area contributed by atoms with Crippen LogP contribution in [0.3, 0.4) is 0 Å². The molecule has 1 aromatic rings. The van der Waals surface area contributed by atoms with E-state index in [9.17, 15) is 9.18 Å². The highest BCUT2D eigenvalue weighted by Crippen LogP contribution is 2.25. The molecule has 0 unspecified atom stereocenters. The lowest BCUT2D eigenvalue weighted by Crippen LogP contribution is -2.11. The molecule has 1 aromatic carbocycles. The zero-order chi connectivity index (χ0) is 10.9. The highest BCUT2D eigenvalue weighted by molar-refractivity contribution is 6.34. The lowest BCUT2D eigenvalue weighted by atomic mass is 9.99. The van der Waals surface area contributed by atoms with Crippen LogP contribution in [0, 0.1) is 18.7 Å². The van der Waals surface area contributed by atoms with Crippen molar-refractivity contribution >= 4 is 17.4 Å². The van der Waals surface area contributed by atoms with Crippen molar-refractivity contribution in [3.8, 4) is 0 Å². The van der Waals surface area contributed by atoms with Crippen LogP contribution in [0.5, 0.6) is 0 Å². The third kappa shape index (κ3) is 1.95. The predicted molar refractivity (Wildman–Crippen MR) is 55.3 cm³/mol. The fourth-order valence-corrected chi connectivity index (χ4v) is 1.42. The summed E-state index contributed by atoms with van der Waals surface area (Å²) in [7, 11) is 0. The Bertz CT molecular complexity index is 372. The number of carbonyl (C=O) groups excluding carboxylic acids is 1. The molecule has 0 N–H and O–H groups in total. The third-order valence-electron chi connectivity index (χ3n) is 2.05. The molecule has 0 atom stereocenters. The molecule has 0 spiro atoms. The van der Waals surface area contributed by atoms with E-state index in [4.69, 9.17) is 11.6 Å². The average Bonchev–Trinajstić information content (AvgIpc) is 2.12. The minimum Gasteiger partial charge on any atom is -0.294 e. The minimum atomic E-state index is -0.542. The van der Waals surface area contributed by atoms with E-state index in [2.05, 4.69) is 0 Å². The van der Waals surface area contributed by atoms with E-state index in [0.717, 1.165) is 5.56 Å². The summed E-state index contributed by atoms with van der Waals surface area (Å²) in [6.45, 7) is 5.19. The number of ketones is 1. The largest absolute Gasteiger partial charge is 0.294 e. The van der Waals surface area contributed by atoms with Crippen molar-refractivity contribution in [3.63, 3.8) is 0 Å². The normalized spacial score (nSPS) is 10.7. The zero-order valence-electron chi connectivity index (χ0n) is 8.40. The van der Waals surface area contributed by atoms with Crippen molar-refractivity contribution in [1.29, 1.82) is 0 Å². The van der Waals surface area contributed by atoms with E-state index in [1.54, 1.807) is 26.8 Å². The molecule has 1 rings (SSSR count). The first kappa shape index (κ1) is 11.2. The molecule has 3 heteroatoms. The molecule has 76 valence electrons. The first-order valence-corrected chi connectivity index (χ1v) is 4.81. The van der Waals surface area contributed by atoms with Gasteiger partial charge in [0.25, 0.3) is 0 Å². The van der Waals surface area contributed by atoms with Crippen LogP contribution in [0.15, 0.2) is 12.1 Å². The maximum Gasteiger partial charge on any atom is 0.169 e. The van der Waals surface area contributed by atoms with Gasteiger partial charge in [0.1, 0.15) is 5.82 Å². The van der Waals surface area contributed by atoms with Gasteiger partial charge in [0, 0.05) is 5.92 Å². The van der Waals surface area contributed by atoms with Crippen LogP contribution in [0.4, 0.5) is 4.39 Å².